The van der Waals surface area contributed by atoms with Crippen LogP contribution in [0, 0.1) is 0 Å². The first-order valence-corrected chi connectivity index (χ1v) is 10.1. The average Bonchev–Trinajstić information content (AvgIpc) is 2.68. The molecule has 0 atom stereocenters. The van der Waals surface area contributed by atoms with Gasteiger partial charge in [-0.1, -0.05) is 0 Å². The third-order valence-electron chi connectivity index (χ3n) is 4.06. The van der Waals surface area contributed by atoms with E-state index in [4.69, 9.17) is 14.2 Å². The zero-order valence-corrected chi connectivity index (χ0v) is 16.0. The van der Waals surface area contributed by atoms with Gasteiger partial charge in [-0.05, 0) is 50.2 Å². The zero-order valence-electron chi connectivity index (χ0n) is 15.2. The van der Waals surface area contributed by atoms with Crippen LogP contribution in [0.4, 0.5) is 5.69 Å². The summed E-state index contributed by atoms with van der Waals surface area (Å²) < 4.78 is 43.4. The van der Waals surface area contributed by atoms with Crippen molar-refractivity contribution in [2.24, 2.45) is 0 Å². The van der Waals surface area contributed by atoms with Crippen molar-refractivity contribution in [1.82, 2.24) is 0 Å². The van der Waals surface area contributed by atoms with Crippen molar-refractivity contribution >= 4 is 21.7 Å². The van der Waals surface area contributed by atoms with Gasteiger partial charge >= 0.3 is 5.97 Å². The molecule has 144 valence electrons. The Hall–Kier alpha value is -2.74. The number of ether oxygens (including phenoxy) is 3. The third kappa shape index (κ3) is 3.85. The fourth-order valence-electron chi connectivity index (χ4n) is 2.78. The summed E-state index contributed by atoms with van der Waals surface area (Å²) in [6, 6.07) is 10.8. The zero-order chi connectivity index (χ0) is 19.4. The number of anilines is 1. The van der Waals surface area contributed by atoms with Crippen molar-refractivity contribution < 1.29 is 27.4 Å². The molecule has 3 rings (SSSR count). The molecule has 2 aromatic carbocycles. The van der Waals surface area contributed by atoms with Gasteiger partial charge in [0.05, 0.1) is 22.8 Å². The smallest absolute Gasteiger partial charge is 0.338 e. The van der Waals surface area contributed by atoms with Crippen LogP contribution in [0.5, 0.6) is 11.5 Å². The highest BCUT2D eigenvalue weighted by atomic mass is 32.2. The van der Waals surface area contributed by atoms with E-state index in [0.29, 0.717) is 36.0 Å². The minimum absolute atomic E-state index is 0.114. The second kappa shape index (κ2) is 7.87. The van der Waals surface area contributed by atoms with E-state index in [1.54, 1.807) is 44.2 Å². The highest BCUT2D eigenvalue weighted by Gasteiger charge is 2.26. The molecule has 7 nitrogen and oxygen atoms in total. The standard InChI is InChI=1S/C19H21NO6S/c1-3-20(15-7-5-14(6-8-15)19(21)24-4-2)27(22,23)16-9-10-17-18(13-16)26-12-11-25-17/h5-10,13H,3-4,11-12H2,1-2H3. The Morgan fingerprint density at radius 1 is 1.04 bits per heavy atom. The van der Waals surface area contributed by atoms with Gasteiger partial charge in [0.15, 0.2) is 11.5 Å². The Kier molecular flexibility index (Phi) is 5.55. The van der Waals surface area contributed by atoms with Gasteiger partial charge in [0.25, 0.3) is 10.0 Å². The molecule has 0 aliphatic carbocycles. The highest BCUT2D eigenvalue weighted by Crippen LogP contribution is 2.34. The number of sulfonamides is 1. The lowest BCUT2D eigenvalue weighted by Crippen LogP contribution is -2.31. The van der Waals surface area contributed by atoms with Crippen molar-refractivity contribution in [3.05, 3.63) is 48.0 Å². The van der Waals surface area contributed by atoms with E-state index < -0.39 is 16.0 Å². The fraction of sp³-hybridized carbons (Fsp3) is 0.316. The van der Waals surface area contributed by atoms with E-state index in [1.165, 1.54) is 16.4 Å². The van der Waals surface area contributed by atoms with Crippen LogP contribution in [-0.4, -0.2) is 40.8 Å². The first-order valence-electron chi connectivity index (χ1n) is 8.67. The van der Waals surface area contributed by atoms with Gasteiger partial charge < -0.3 is 14.2 Å². The van der Waals surface area contributed by atoms with Gasteiger partial charge in [0.1, 0.15) is 13.2 Å². The number of esters is 1. The Balaban J connectivity index is 1.91. The van der Waals surface area contributed by atoms with E-state index in [0.717, 1.165) is 0 Å². The molecule has 0 fully saturated rings. The number of fused-ring (bicyclic) bond motifs is 1. The summed E-state index contributed by atoms with van der Waals surface area (Å²) in [5, 5.41) is 0. The van der Waals surface area contributed by atoms with Crippen LogP contribution >= 0.6 is 0 Å². The van der Waals surface area contributed by atoms with Gasteiger partial charge in [0, 0.05) is 12.6 Å². The van der Waals surface area contributed by atoms with E-state index >= 15 is 0 Å². The summed E-state index contributed by atoms with van der Waals surface area (Å²) in [5.74, 6) is 0.500. The number of carbonyl (C=O) groups excluding carboxylic acids is 1. The van der Waals surface area contributed by atoms with Gasteiger partial charge in [0.2, 0.25) is 0 Å². The number of nitrogens with zero attached hydrogens (tertiary/aromatic N) is 1. The summed E-state index contributed by atoms with van der Waals surface area (Å²) in [5.41, 5.74) is 0.828. The quantitative estimate of drug-likeness (QED) is 0.705. The van der Waals surface area contributed by atoms with E-state index in [9.17, 15) is 13.2 Å². The van der Waals surface area contributed by atoms with Crippen molar-refractivity contribution in [3.63, 3.8) is 0 Å². The highest BCUT2D eigenvalue weighted by molar-refractivity contribution is 7.92. The predicted molar refractivity (Wildman–Crippen MR) is 100 cm³/mol. The number of carbonyl (C=O) groups is 1. The maximum absolute atomic E-state index is 13.1. The number of hydrogen-bond donors (Lipinski definition) is 0. The molecule has 0 saturated heterocycles. The molecule has 8 heteroatoms. The lowest BCUT2D eigenvalue weighted by atomic mass is 10.2. The predicted octanol–water partition coefficient (Wildman–Crippen LogP) is 2.85. The van der Waals surface area contributed by atoms with Crippen LogP contribution in [0.1, 0.15) is 24.2 Å². The van der Waals surface area contributed by atoms with Crippen molar-refractivity contribution in [3.8, 4) is 11.5 Å². The van der Waals surface area contributed by atoms with E-state index in [-0.39, 0.29) is 18.0 Å². The molecule has 2 aromatic rings. The second-order valence-electron chi connectivity index (χ2n) is 5.74. The van der Waals surface area contributed by atoms with Gasteiger partial charge in [-0.2, -0.15) is 0 Å². The minimum atomic E-state index is -3.80. The van der Waals surface area contributed by atoms with Gasteiger partial charge in [-0.3, -0.25) is 4.31 Å². The van der Waals surface area contributed by atoms with Crippen molar-refractivity contribution in [1.29, 1.82) is 0 Å². The number of benzene rings is 2. The molecule has 0 radical (unpaired) electrons. The Morgan fingerprint density at radius 2 is 1.70 bits per heavy atom. The molecular weight excluding hydrogens is 370 g/mol. The molecule has 1 aliphatic rings. The van der Waals surface area contributed by atoms with Crippen LogP contribution in [0.3, 0.4) is 0 Å². The molecule has 0 unspecified atom stereocenters. The maximum Gasteiger partial charge on any atom is 0.338 e. The van der Waals surface area contributed by atoms with Gasteiger partial charge in [-0.15, -0.1) is 0 Å². The molecule has 0 spiro atoms. The summed E-state index contributed by atoms with van der Waals surface area (Å²) in [7, 11) is -3.80. The first kappa shape index (κ1) is 19.0. The summed E-state index contributed by atoms with van der Waals surface area (Å²) in [6.07, 6.45) is 0. The van der Waals surface area contributed by atoms with E-state index in [2.05, 4.69) is 0 Å². The molecule has 0 saturated carbocycles. The van der Waals surface area contributed by atoms with E-state index in [1.807, 2.05) is 0 Å². The maximum atomic E-state index is 13.1. The Bertz CT molecular complexity index is 924. The minimum Gasteiger partial charge on any atom is -0.486 e. The SMILES string of the molecule is CCOC(=O)c1ccc(N(CC)S(=O)(=O)c2ccc3c(c2)OCCO3)cc1. The first-order chi connectivity index (χ1) is 13.0. The topological polar surface area (TPSA) is 82.1 Å². The van der Waals surface area contributed by atoms with Gasteiger partial charge in [-0.25, -0.2) is 13.2 Å². The summed E-state index contributed by atoms with van der Waals surface area (Å²) >= 11 is 0. The largest absolute Gasteiger partial charge is 0.486 e. The summed E-state index contributed by atoms with van der Waals surface area (Å²) in [6.45, 7) is 4.80. The molecule has 27 heavy (non-hydrogen) atoms. The van der Waals surface area contributed by atoms with Crippen LogP contribution in [-0.2, 0) is 14.8 Å². The monoisotopic (exact) mass is 391 g/mol. The molecule has 0 amide bonds. The van der Waals surface area contributed by atoms with Crippen LogP contribution in [0.2, 0.25) is 0 Å². The van der Waals surface area contributed by atoms with Crippen LogP contribution in [0.15, 0.2) is 47.4 Å². The average molecular weight is 391 g/mol. The summed E-state index contributed by atoms with van der Waals surface area (Å²) in [4.78, 5) is 11.9. The lowest BCUT2D eigenvalue weighted by molar-refractivity contribution is 0.0526. The number of rotatable bonds is 6. The molecule has 0 aromatic heterocycles. The Morgan fingerprint density at radius 3 is 2.33 bits per heavy atom. The molecule has 1 aliphatic heterocycles. The van der Waals surface area contributed by atoms with Crippen molar-refractivity contribution in [2.45, 2.75) is 18.7 Å². The van der Waals surface area contributed by atoms with Crippen LogP contribution in [0.25, 0.3) is 0 Å². The molecular formula is C19H21NO6S. The molecule has 0 bridgehead atoms. The number of hydrogen-bond acceptors (Lipinski definition) is 6. The fourth-order valence-corrected chi connectivity index (χ4v) is 4.27. The van der Waals surface area contributed by atoms with Crippen LogP contribution < -0.4 is 13.8 Å². The third-order valence-corrected chi connectivity index (χ3v) is 5.95. The lowest BCUT2D eigenvalue weighted by Gasteiger charge is -2.24. The molecule has 0 N–H and O–H groups in total. The second-order valence-corrected chi connectivity index (χ2v) is 7.60. The molecule has 1 heterocycles. The van der Waals surface area contributed by atoms with Crippen molar-refractivity contribution in [2.75, 3.05) is 30.7 Å². The normalized spacial score (nSPS) is 13.1. The Labute approximate surface area is 158 Å².